The quantitative estimate of drug-likeness (QED) is 0.710. The number of aromatic nitrogens is 1. The number of sulfonamides is 1. The molecular formula is C17H26N4O4S. The van der Waals surface area contributed by atoms with E-state index >= 15 is 0 Å². The van der Waals surface area contributed by atoms with Crippen LogP contribution in [0.3, 0.4) is 0 Å². The van der Waals surface area contributed by atoms with Crippen molar-refractivity contribution in [2.45, 2.75) is 12.8 Å². The number of morpholine rings is 1. The molecule has 0 spiro atoms. The Morgan fingerprint density at radius 2 is 1.85 bits per heavy atom. The molecule has 1 aromatic heterocycles. The fourth-order valence-corrected chi connectivity index (χ4v) is 4.09. The van der Waals surface area contributed by atoms with Gasteiger partial charge in [-0.25, -0.2) is 13.4 Å². The van der Waals surface area contributed by atoms with E-state index in [1.165, 1.54) is 10.6 Å². The molecular weight excluding hydrogens is 356 g/mol. The van der Waals surface area contributed by atoms with E-state index in [4.69, 9.17) is 4.74 Å². The highest BCUT2D eigenvalue weighted by atomic mass is 32.2. The van der Waals surface area contributed by atoms with E-state index in [2.05, 4.69) is 9.88 Å². The van der Waals surface area contributed by atoms with Gasteiger partial charge >= 0.3 is 0 Å². The van der Waals surface area contributed by atoms with Crippen molar-refractivity contribution in [1.29, 1.82) is 0 Å². The number of hydrogen-bond acceptors (Lipinski definition) is 6. The molecule has 0 aromatic carbocycles. The number of hydrogen-bond donors (Lipinski definition) is 0. The molecule has 0 unspecified atom stereocenters. The van der Waals surface area contributed by atoms with Gasteiger partial charge in [-0.05, 0) is 24.1 Å². The SMILES string of the molecule is CS(=O)(=O)N1CCN(C(=O)CCc2ccnc(N3CCOCC3)c2)CC1. The fraction of sp³-hybridized carbons (Fsp3) is 0.647. The fourth-order valence-electron chi connectivity index (χ4n) is 3.26. The third-order valence-corrected chi connectivity index (χ3v) is 6.14. The van der Waals surface area contributed by atoms with Crippen LogP contribution in [-0.4, -0.2) is 87.3 Å². The molecule has 2 saturated heterocycles. The largest absolute Gasteiger partial charge is 0.378 e. The monoisotopic (exact) mass is 382 g/mol. The molecule has 0 radical (unpaired) electrons. The van der Waals surface area contributed by atoms with Crippen LogP contribution in [0.2, 0.25) is 0 Å². The molecule has 0 aliphatic carbocycles. The van der Waals surface area contributed by atoms with Crippen LogP contribution in [-0.2, 0) is 26.0 Å². The van der Waals surface area contributed by atoms with E-state index in [0.29, 0.717) is 52.2 Å². The molecule has 3 rings (SSSR count). The zero-order chi connectivity index (χ0) is 18.6. The van der Waals surface area contributed by atoms with Gasteiger partial charge in [0.1, 0.15) is 5.82 Å². The Morgan fingerprint density at radius 3 is 2.50 bits per heavy atom. The van der Waals surface area contributed by atoms with Gasteiger partial charge in [0, 0.05) is 51.9 Å². The lowest BCUT2D eigenvalue weighted by Crippen LogP contribution is -2.50. The number of rotatable bonds is 5. The Hall–Kier alpha value is -1.71. The number of nitrogens with zero attached hydrogens (tertiary/aromatic N) is 4. The molecule has 2 aliphatic heterocycles. The van der Waals surface area contributed by atoms with E-state index < -0.39 is 10.0 Å². The summed E-state index contributed by atoms with van der Waals surface area (Å²) in [5.74, 6) is 1.00. The summed E-state index contributed by atoms with van der Waals surface area (Å²) in [7, 11) is -3.17. The number of pyridine rings is 1. The standard InChI is InChI=1S/C17H26N4O4S/c1-26(23,24)21-8-6-20(7-9-21)17(22)3-2-15-4-5-18-16(14-15)19-10-12-25-13-11-19/h4-5,14H,2-3,6-13H2,1H3. The van der Waals surface area contributed by atoms with E-state index in [-0.39, 0.29) is 5.91 Å². The van der Waals surface area contributed by atoms with Gasteiger partial charge in [0.05, 0.1) is 19.5 Å². The Bertz CT molecular complexity index is 726. The van der Waals surface area contributed by atoms with Gasteiger partial charge in [0.25, 0.3) is 0 Å². The molecule has 26 heavy (non-hydrogen) atoms. The van der Waals surface area contributed by atoms with Crippen molar-refractivity contribution in [2.75, 3.05) is 63.6 Å². The van der Waals surface area contributed by atoms with Crippen molar-refractivity contribution in [1.82, 2.24) is 14.2 Å². The van der Waals surface area contributed by atoms with Gasteiger partial charge in [0.2, 0.25) is 15.9 Å². The lowest BCUT2D eigenvalue weighted by molar-refractivity contribution is -0.132. The van der Waals surface area contributed by atoms with E-state index in [9.17, 15) is 13.2 Å². The molecule has 1 amide bonds. The highest BCUT2D eigenvalue weighted by Crippen LogP contribution is 2.16. The maximum absolute atomic E-state index is 12.4. The Morgan fingerprint density at radius 1 is 1.15 bits per heavy atom. The maximum Gasteiger partial charge on any atom is 0.222 e. The number of anilines is 1. The van der Waals surface area contributed by atoms with Crippen molar-refractivity contribution < 1.29 is 17.9 Å². The number of aryl methyl sites for hydroxylation is 1. The average molecular weight is 382 g/mol. The maximum atomic E-state index is 12.4. The molecule has 1 aromatic rings. The van der Waals surface area contributed by atoms with Gasteiger partial charge in [-0.3, -0.25) is 4.79 Å². The summed E-state index contributed by atoms with van der Waals surface area (Å²) in [6.45, 7) is 4.76. The molecule has 144 valence electrons. The van der Waals surface area contributed by atoms with Gasteiger partial charge in [0.15, 0.2) is 0 Å². The third-order valence-electron chi connectivity index (χ3n) is 4.83. The lowest BCUT2D eigenvalue weighted by Gasteiger charge is -2.33. The van der Waals surface area contributed by atoms with Crippen LogP contribution >= 0.6 is 0 Å². The Labute approximate surface area is 154 Å². The Kier molecular flexibility index (Phi) is 6.10. The lowest BCUT2D eigenvalue weighted by atomic mass is 10.1. The Balaban J connectivity index is 1.50. The van der Waals surface area contributed by atoms with E-state index in [0.717, 1.165) is 24.5 Å². The molecule has 0 N–H and O–H groups in total. The summed E-state index contributed by atoms with van der Waals surface area (Å²) in [6, 6.07) is 3.99. The normalized spacial score (nSPS) is 19.6. The van der Waals surface area contributed by atoms with Crippen molar-refractivity contribution >= 4 is 21.7 Å². The first-order valence-electron chi connectivity index (χ1n) is 8.94. The molecule has 0 saturated carbocycles. The molecule has 0 bridgehead atoms. The molecule has 0 atom stereocenters. The summed E-state index contributed by atoms with van der Waals surface area (Å²) in [5.41, 5.74) is 1.09. The first-order chi connectivity index (χ1) is 12.4. The van der Waals surface area contributed by atoms with Crippen LogP contribution in [0.1, 0.15) is 12.0 Å². The second-order valence-electron chi connectivity index (χ2n) is 6.66. The molecule has 3 heterocycles. The van der Waals surface area contributed by atoms with Crippen LogP contribution < -0.4 is 4.90 Å². The number of carbonyl (C=O) groups is 1. The van der Waals surface area contributed by atoms with Crippen LogP contribution in [0.25, 0.3) is 0 Å². The third kappa shape index (κ3) is 4.93. The minimum Gasteiger partial charge on any atom is -0.378 e. The van der Waals surface area contributed by atoms with Crippen LogP contribution in [0.5, 0.6) is 0 Å². The minimum atomic E-state index is -3.17. The molecule has 8 nitrogen and oxygen atoms in total. The predicted molar refractivity (Wildman–Crippen MR) is 98.6 cm³/mol. The van der Waals surface area contributed by atoms with Gasteiger partial charge < -0.3 is 14.5 Å². The number of amides is 1. The summed E-state index contributed by atoms with van der Waals surface area (Å²) in [4.78, 5) is 20.8. The van der Waals surface area contributed by atoms with Crippen molar-refractivity contribution in [3.63, 3.8) is 0 Å². The average Bonchev–Trinajstić information content (AvgIpc) is 2.66. The molecule has 9 heteroatoms. The van der Waals surface area contributed by atoms with Crippen LogP contribution in [0, 0.1) is 0 Å². The number of ether oxygens (including phenoxy) is 1. The van der Waals surface area contributed by atoms with E-state index in [1.54, 1.807) is 11.1 Å². The number of piperazine rings is 1. The van der Waals surface area contributed by atoms with Crippen molar-refractivity contribution in [3.8, 4) is 0 Å². The van der Waals surface area contributed by atoms with Gasteiger partial charge in [-0.15, -0.1) is 0 Å². The summed E-state index contributed by atoms with van der Waals surface area (Å²) in [6.07, 6.45) is 4.08. The topological polar surface area (TPSA) is 83.1 Å². The zero-order valence-electron chi connectivity index (χ0n) is 15.1. The van der Waals surface area contributed by atoms with Gasteiger partial charge in [-0.2, -0.15) is 4.31 Å². The molecule has 2 fully saturated rings. The summed E-state index contributed by atoms with van der Waals surface area (Å²) >= 11 is 0. The zero-order valence-corrected chi connectivity index (χ0v) is 15.9. The van der Waals surface area contributed by atoms with Crippen LogP contribution in [0.15, 0.2) is 18.3 Å². The van der Waals surface area contributed by atoms with E-state index in [1.807, 2.05) is 12.1 Å². The van der Waals surface area contributed by atoms with Crippen LogP contribution in [0.4, 0.5) is 5.82 Å². The predicted octanol–water partition coefficient (Wildman–Crippen LogP) is -0.0454. The highest BCUT2D eigenvalue weighted by Gasteiger charge is 2.25. The van der Waals surface area contributed by atoms with Gasteiger partial charge in [-0.1, -0.05) is 0 Å². The molecule has 2 aliphatic rings. The first kappa shape index (κ1) is 19.1. The second kappa shape index (κ2) is 8.32. The smallest absolute Gasteiger partial charge is 0.222 e. The summed E-state index contributed by atoms with van der Waals surface area (Å²) in [5, 5.41) is 0. The summed E-state index contributed by atoms with van der Waals surface area (Å²) < 4.78 is 29.9. The highest BCUT2D eigenvalue weighted by molar-refractivity contribution is 7.88. The van der Waals surface area contributed by atoms with Crippen molar-refractivity contribution in [3.05, 3.63) is 23.9 Å². The first-order valence-corrected chi connectivity index (χ1v) is 10.8. The van der Waals surface area contributed by atoms with Crippen molar-refractivity contribution in [2.24, 2.45) is 0 Å². The minimum absolute atomic E-state index is 0.0721. The number of carbonyl (C=O) groups excluding carboxylic acids is 1. The second-order valence-corrected chi connectivity index (χ2v) is 8.65.